The van der Waals surface area contributed by atoms with Crippen LogP contribution in [0, 0.1) is 11.3 Å². The predicted octanol–water partition coefficient (Wildman–Crippen LogP) is 4.65. The monoisotopic (exact) mass is 417 g/mol. The molecule has 0 saturated heterocycles. The Labute approximate surface area is 177 Å². The summed E-state index contributed by atoms with van der Waals surface area (Å²) in [6, 6.07) is 19.3. The fourth-order valence-electron chi connectivity index (χ4n) is 3.17. The number of para-hydroxylation sites is 2. The van der Waals surface area contributed by atoms with Crippen LogP contribution >= 0.6 is 11.8 Å². The largest absolute Gasteiger partial charge is 0.411 e. The smallest absolute Gasteiger partial charge is 0.277 e. The highest BCUT2D eigenvalue weighted by Gasteiger charge is 2.25. The standard InChI is InChI=1S/C22H19N5O2S/c1-15(21(28)27(13-7-12-23)16-8-3-2-4-9-16)30-22-26-25-20(29-22)18-14-24-19-11-6-5-10-17(18)19/h2-6,8-11,14-15,24H,7,13H2,1H3. The van der Waals surface area contributed by atoms with E-state index >= 15 is 0 Å². The number of nitrogens with one attached hydrogen (secondary N) is 1. The molecule has 1 amide bonds. The third-order valence-corrected chi connectivity index (χ3v) is 5.55. The number of benzene rings is 2. The first kappa shape index (κ1) is 19.7. The van der Waals surface area contributed by atoms with Gasteiger partial charge in [-0.3, -0.25) is 4.79 Å². The van der Waals surface area contributed by atoms with Crippen LogP contribution in [0.15, 0.2) is 70.4 Å². The van der Waals surface area contributed by atoms with Crippen LogP contribution in [0.5, 0.6) is 0 Å². The number of hydrogen-bond donors (Lipinski definition) is 1. The zero-order chi connectivity index (χ0) is 20.9. The Morgan fingerprint density at radius 1 is 1.20 bits per heavy atom. The van der Waals surface area contributed by atoms with Crippen molar-refractivity contribution in [2.75, 3.05) is 11.4 Å². The maximum atomic E-state index is 13.1. The van der Waals surface area contributed by atoms with E-state index in [4.69, 9.17) is 9.68 Å². The average Bonchev–Trinajstić information content (AvgIpc) is 3.41. The number of aromatic nitrogens is 3. The third-order valence-electron chi connectivity index (χ3n) is 4.63. The first-order valence-electron chi connectivity index (χ1n) is 9.47. The lowest BCUT2D eigenvalue weighted by molar-refractivity contribution is -0.117. The molecular weight excluding hydrogens is 398 g/mol. The fourth-order valence-corrected chi connectivity index (χ4v) is 3.92. The van der Waals surface area contributed by atoms with Crippen LogP contribution < -0.4 is 4.90 Å². The molecule has 0 aliphatic heterocycles. The number of aromatic amines is 1. The van der Waals surface area contributed by atoms with E-state index in [1.54, 1.807) is 11.8 Å². The number of carbonyl (C=O) groups excluding carboxylic acids is 1. The zero-order valence-corrected chi connectivity index (χ0v) is 17.1. The minimum atomic E-state index is -0.458. The maximum absolute atomic E-state index is 13.1. The molecule has 0 aliphatic carbocycles. The van der Waals surface area contributed by atoms with Gasteiger partial charge in [0.15, 0.2) is 0 Å². The van der Waals surface area contributed by atoms with Gasteiger partial charge in [-0.1, -0.05) is 48.2 Å². The van der Waals surface area contributed by atoms with Gasteiger partial charge >= 0.3 is 0 Å². The Hall–Kier alpha value is -3.57. The topological polar surface area (TPSA) is 98.8 Å². The van der Waals surface area contributed by atoms with E-state index in [-0.39, 0.29) is 12.3 Å². The molecule has 4 aromatic rings. The van der Waals surface area contributed by atoms with Gasteiger partial charge in [-0.25, -0.2) is 0 Å². The molecule has 150 valence electrons. The highest BCUT2D eigenvalue weighted by Crippen LogP contribution is 2.31. The molecule has 0 spiro atoms. The Balaban J connectivity index is 1.51. The summed E-state index contributed by atoms with van der Waals surface area (Å²) in [7, 11) is 0. The predicted molar refractivity (Wildman–Crippen MR) is 116 cm³/mol. The van der Waals surface area contributed by atoms with Crippen LogP contribution in [0.1, 0.15) is 13.3 Å². The van der Waals surface area contributed by atoms with Gasteiger partial charge in [-0.2, -0.15) is 5.26 Å². The number of H-pyrrole nitrogens is 1. The minimum Gasteiger partial charge on any atom is -0.411 e. The molecule has 2 heterocycles. The number of thioether (sulfide) groups is 1. The molecule has 0 radical (unpaired) electrons. The van der Waals surface area contributed by atoms with Gasteiger partial charge in [-0.05, 0) is 25.1 Å². The first-order chi connectivity index (χ1) is 14.7. The van der Waals surface area contributed by atoms with Crippen molar-refractivity contribution in [2.45, 2.75) is 23.8 Å². The van der Waals surface area contributed by atoms with Crippen LogP contribution in [0.25, 0.3) is 22.4 Å². The Kier molecular flexibility index (Phi) is 5.82. The third kappa shape index (κ3) is 4.07. The Morgan fingerprint density at radius 3 is 2.77 bits per heavy atom. The summed E-state index contributed by atoms with van der Waals surface area (Å²) in [5.41, 5.74) is 2.57. The van der Waals surface area contributed by atoms with Crippen LogP contribution in [-0.4, -0.2) is 32.9 Å². The Morgan fingerprint density at radius 2 is 1.97 bits per heavy atom. The molecule has 1 unspecified atom stereocenters. The van der Waals surface area contributed by atoms with Crippen molar-refractivity contribution < 1.29 is 9.21 Å². The lowest BCUT2D eigenvalue weighted by Gasteiger charge is -2.24. The van der Waals surface area contributed by atoms with Crippen LogP contribution in [0.4, 0.5) is 5.69 Å². The first-order valence-corrected chi connectivity index (χ1v) is 10.4. The highest BCUT2D eigenvalue weighted by molar-refractivity contribution is 8.00. The second-order valence-corrected chi connectivity index (χ2v) is 7.91. The Bertz CT molecular complexity index is 1190. The molecule has 7 nitrogen and oxygen atoms in total. The molecule has 0 saturated carbocycles. The molecule has 8 heteroatoms. The van der Waals surface area contributed by atoms with Gasteiger partial charge in [0.05, 0.1) is 23.3 Å². The van der Waals surface area contributed by atoms with Crippen LogP contribution in [0.3, 0.4) is 0 Å². The lowest BCUT2D eigenvalue weighted by Crippen LogP contribution is -2.37. The van der Waals surface area contributed by atoms with E-state index < -0.39 is 5.25 Å². The molecule has 1 atom stereocenters. The van der Waals surface area contributed by atoms with Crippen LogP contribution in [-0.2, 0) is 4.79 Å². The van der Waals surface area contributed by atoms with Crippen molar-refractivity contribution in [3.63, 3.8) is 0 Å². The van der Waals surface area contributed by atoms with Crippen molar-refractivity contribution in [3.8, 4) is 17.5 Å². The number of nitriles is 1. The molecule has 4 rings (SSSR count). The van der Waals surface area contributed by atoms with Gasteiger partial charge in [0.2, 0.25) is 5.91 Å². The van der Waals surface area contributed by atoms with Gasteiger partial charge in [0.1, 0.15) is 0 Å². The SMILES string of the molecule is CC(Sc1nnc(-c2c[nH]c3ccccc23)o1)C(=O)N(CCC#N)c1ccccc1. The van der Waals surface area contributed by atoms with E-state index in [2.05, 4.69) is 21.3 Å². The summed E-state index contributed by atoms with van der Waals surface area (Å²) in [6.07, 6.45) is 2.09. The van der Waals surface area contributed by atoms with E-state index in [1.165, 1.54) is 11.8 Å². The summed E-state index contributed by atoms with van der Waals surface area (Å²) >= 11 is 1.21. The summed E-state index contributed by atoms with van der Waals surface area (Å²) in [5.74, 6) is 0.285. The second-order valence-electron chi connectivity index (χ2n) is 6.61. The summed E-state index contributed by atoms with van der Waals surface area (Å²) in [5, 5.41) is 18.1. The van der Waals surface area contributed by atoms with Gasteiger partial charge in [0, 0.05) is 29.3 Å². The van der Waals surface area contributed by atoms with Crippen molar-refractivity contribution in [3.05, 3.63) is 60.8 Å². The fraction of sp³-hybridized carbons (Fsp3) is 0.182. The van der Waals surface area contributed by atoms with Crippen molar-refractivity contribution >= 4 is 34.3 Å². The number of nitrogens with zero attached hydrogens (tertiary/aromatic N) is 4. The lowest BCUT2D eigenvalue weighted by atomic mass is 10.2. The van der Waals surface area contributed by atoms with Crippen LogP contribution in [0.2, 0.25) is 0 Å². The molecule has 2 aromatic carbocycles. The average molecular weight is 417 g/mol. The maximum Gasteiger partial charge on any atom is 0.277 e. The van der Waals surface area contributed by atoms with Gasteiger partial charge < -0.3 is 14.3 Å². The zero-order valence-electron chi connectivity index (χ0n) is 16.3. The van der Waals surface area contributed by atoms with E-state index in [1.807, 2.05) is 60.8 Å². The number of anilines is 1. The molecule has 2 aromatic heterocycles. The summed E-state index contributed by atoms with van der Waals surface area (Å²) < 4.78 is 5.82. The normalized spacial score (nSPS) is 11.9. The van der Waals surface area contributed by atoms with E-state index in [9.17, 15) is 4.79 Å². The van der Waals surface area contributed by atoms with Gasteiger partial charge in [-0.15, -0.1) is 10.2 Å². The van der Waals surface area contributed by atoms with Crippen molar-refractivity contribution in [1.82, 2.24) is 15.2 Å². The minimum absolute atomic E-state index is 0.117. The molecular formula is C22H19N5O2S. The van der Waals surface area contributed by atoms with Crippen molar-refractivity contribution in [1.29, 1.82) is 5.26 Å². The number of amides is 1. The number of rotatable bonds is 7. The molecule has 0 fully saturated rings. The number of hydrogen-bond acceptors (Lipinski definition) is 6. The summed E-state index contributed by atoms with van der Waals surface area (Å²) in [4.78, 5) is 17.9. The number of carbonyl (C=O) groups is 1. The quantitative estimate of drug-likeness (QED) is 0.440. The highest BCUT2D eigenvalue weighted by atomic mass is 32.2. The number of fused-ring (bicyclic) bond motifs is 1. The summed E-state index contributed by atoms with van der Waals surface area (Å²) in [6.45, 7) is 2.12. The molecule has 30 heavy (non-hydrogen) atoms. The van der Waals surface area contributed by atoms with Crippen molar-refractivity contribution in [2.24, 2.45) is 0 Å². The van der Waals surface area contributed by atoms with E-state index in [0.29, 0.717) is 17.7 Å². The van der Waals surface area contributed by atoms with E-state index in [0.717, 1.165) is 22.2 Å². The van der Waals surface area contributed by atoms with Gasteiger partial charge in [0.25, 0.3) is 11.1 Å². The molecule has 0 aliphatic rings. The molecule has 1 N–H and O–H groups in total. The molecule has 0 bridgehead atoms. The second kappa shape index (κ2) is 8.84.